The summed E-state index contributed by atoms with van der Waals surface area (Å²) in [6.45, 7) is 1.54. The number of hydrogen-bond donors (Lipinski definition) is 1. The number of pyridine rings is 1. The van der Waals surface area contributed by atoms with E-state index in [-0.39, 0.29) is 12.2 Å². The second-order valence-corrected chi connectivity index (χ2v) is 3.98. The van der Waals surface area contributed by atoms with Gasteiger partial charge in [0.05, 0.1) is 23.5 Å². The fourth-order valence-corrected chi connectivity index (χ4v) is 1.66. The van der Waals surface area contributed by atoms with Gasteiger partial charge in [0.25, 0.3) is 0 Å². The zero-order valence-electron chi connectivity index (χ0n) is 9.68. The molecule has 0 radical (unpaired) electrons. The highest BCUT2D eigenvalue weighted by molar-refractivity contribution is 5.79. The molecule has 3 nitrogen and oxygen atoms in total. The van der Waals surface area contributed by atoms with Gasteiger partial charge in [0.15, 0.2) is 0 Å². The lowest BCUT2D eigenvalue weighted by Crippen LogP contribution is -2.04. The molecule has 86 valence electrons. The molecule has 0 unspecified atom stereocenters. The Morgan fingerprint density at radius 1 is 1.18 bits per heavy atom. The molecule has 1 aromatic heterocycles. The van der Waals surface area contributed by atoms with Crippen molar-refractivity contribution in [3.05, 3.63) is 48.2 Å². The maximum Gasteiger partial charge on any atom is 0.135 e. The van der Waals surface area contributed by atoms with Gasteiger partial charge >= 0.3 is 0 Å². The van der Waals surface area contributed by atoms with Gasteiger partial charge in [0.1, 0.15) is 5.78 Å². The number of nitrogen functional groups attached to an aromatic ring is 1. The summed E-state index contributed by atoms with van der Waals surface area (Å²) in [4.78, 5) is 15.6. The highest BCUT2D eigenvalue weighted by atomic mass is 16.1. The number of aromatic nitrogens is 1. The van der Waals surface area contributed by atoms with E-state index < -0.39 is 0 Å². The topological polar surface area (TPSA) is 56.0 Å². The largest absolute Gasteiger partial charge is 0.397 e. The van der Waals surface area contributed by atoms with Crippen LogP contribution < -0.4 is 5.73 Å². The molecule has 17 heavy (non-hydrogen) atoms. The molecule has 0 atom stereocenters. The molecule has 2 N–H and O–H groups in total. The minimum Gasteiger partial charge on any atom is -0.397 e. The Morgan fingerprint density at radius 2 is 1.88 bits per heavy atom. The third-order valence-electron chi connectivity index (χ3n) is 2.50. The van der Waals surface area contributed by atoms with E-state index in [2.05, 4.69) is 4.98 Å². The number of ketones is 1. The molecule has 2 rings (SSSR count). The molecule has 0 saturated carbocycles. The lowest BCUT2D eigenvalue weighted by molar-refractivity contribution is -0.116. The van der Waals surface area contributed by atoms with Crippen molar-refractivity contribution in [1.29, 1.82) is 0 Å². The quantitative estimate of drug-likeness (QED) is 0.874. The summed E-state index contributed by atoms with van der Waals surface area (Å²) in [5, 5.41) is 0. The summed E-state index contributed by atoms with van der Waals surface area (Å²) in [7, 11) is 0. The minimum absolute atomic E-state index is 0.0643. The maximum absolute atomic E-state index is 11.1. The highest BCUT2D eigenvalue weighted by Crippen LogP contribution is 2.20. The molecule has 1 heterocycles. The molecular formula is C14H14N2O. The van der Waals surface area contributed by atoms with Crippen LogP contribution in [0.2, 0.25) is 0 Å². The van der Waals surface area contributed by atoms with Crippen LogP contribution in [0.1, 0.15) is 12.6 Å². The van der Waals surface area contributed by atoms with Crippen LogP contribution in [0.15, 0.2) is 42.5 Å². The van der Waals surface area contributed by atoms with E-state index in [9.17, 15) is 4.79 Å². The molecule has 0 fully saturated rings. The first-order chi connectivity index (χ1) is 8.16. The summed E-state index contributed by atoms with van der Waals surface area (Å²) >= 11 is 0. The molecular weight excluding hydrogens is 212 g/mol. The molecule has 2 aromatic rings. The van der Waals surface area contributed by atoms with Crippen molar-refractivity contribution in [3.8, 4) is 11.3 Å². The van der Waals surface area contributed by atoms with Crippen LogP contribution in [-0.4, -0.2) is 10.8 Å². The first-order valence-corrected chi connectivity index (χ1v) is 5.47. The van der Waals surface area contributed by atoms with Crippen LogP contribution in [0, 0.1) is 0 Å². The van der Waals surface area contributed by atoms with E-state index in [1.54, 1.807) is 6.07 Å². The van der Waals surface area contributed by atoms with Crippen molar-refractivity contribution in [2.45, 2.75) is 13.3 Å². The second-order valence-electron chi connectivity index (χ2n) is 3.98. The lowest BCUT2D eigenvalue weighted by Gasteiger charge is -2.06. The first-order valence-electron chi connectivity index (χ1n) is 5.47. The zero-order chi connectivity index (χ0) is 12.3. The number of nitrogens with two attached hydrogens (primary N) is 1. The van der Waals surface area contributed by atoms with Crippen molar-refractivity contribution in [2.24, 2.45) is 0 Å². The molecule has 0 aliphatic heterocycles. The van der Waals surface area contributed by atoms with E-state index in [4.69, 9.17) is 5.73 Å². The average Bonchev–Trinajstić information content (AvgIpc) is 2.32. The van der Waals surface area contributed by atoms with Crippen LogP contribution in [0.3, 0.4) is 0 Å². The smallest absolute Gasteiger partial charge is 0.135 e. The Balaban J connectivity index is 2.41. The standard InChI is InChI=1S/C14H14N2O/c1-10(17)9-14-12(15)7-8-13(16-14)11-5-3-2-4-6-11/h2-8H,9,15H2,1H3. The van der Waals surface area contributed by atoms with Gasteiger partial charge in [-0.1, -0.05) is 30.3 Å². The van der Waals surface area contributed by atoms with Crippen LogP contribution in [0.4, 0.5) is 5.69 Å². The Bertz CT molecular complexity index is 535. The second kappa shape index (κ2) is 4.78. The van der Waals surface area contributed by atoms with E-state index in [1.807, 2.05) is 36.4 Å². The predicted octanol–water partition coefficient (Wildman–Crippen LogP) is 2.46. The summed E-state index contributed by atoms with van der Waals surface area (Å²) in [5.41, 5.74) is 8.89. The fraction of sp³-hybridized carbons (Fsp3) is 0.143. The van der Waals surface area contributed by atoms with Gasteiger partial charge in [-0.25, -0.2) is 0 Å². The third-order valence-corrected chi connectivity index (χ3v) is 2.50. The van der Waals surface area contributed by atoms with Gasteiger partial charge in [-0.3, -0.25) is 9.78 Å². The number of benzene rings is 1. The van der Waals surface area contributed by atoms with Gasteiger partial charge in [-0.15, -0.1) is 0 Å². The van der Waals surface area contributed by atoms with Crippen LogP contribution in [0.25, 0.3) is 11.3 Å². The summed E-state index contributed by atoms with van der Waals surface area (Å²) in [6, 6.07) is 13.5. The zero-order valence-corrected chi connectivity index (χ0v) is 9.68. The normalized spacial score (nSPS) is 10.2. The number of rotatable bonds is 3. The van der Waals surface area contributed by atoms with Crippen molar-refractivity contribution in [1.82, 2.24) is 4.98 Å². The number of nitrogens with zero attached hydrogens (tertiary/aromatic N) is 1. The van der Waals surface area contributed by atoms with Crippen LogP contribution in [0.5, 0.6) is 0 Å². The molecule has 0 spiro atoms. The van der Waals surface area contributed by atoms with E-state index in [0.29, 0.717) is 11.4 Å². The molecule has 3 heteroatoms. The molecule has 0 aliphatic carbocycles. The number of carbonyl (C=O) groups excluding carboxylic acids is 1. The third kappa shape index (κ3) is 2.69. The van der Waals surface area contributed by atoms with Crippen molar-refractivity contribution in [3.63, 3.8) is 0 Å². The summed E-state index contributed by atoms with van der Waals surface area (Å²) in [5.74, 6) is 0.0643. The van der Waals surface area contributed by atoms with Crippen molar-refractivity contribution < 1.29 is 4.79 Å². The predicted molar refractivity (Wildman–Crippen MR) is 68.5 cm³/mol. The molecule has 1 aromatic carbocycles. The number of anilines is 1. The molecule has 0 bridgehead atoms. The Labute approximate surface area is 100 Å². The van der Waals surface area contributed by atoms with Crippen molar-refractivity contribution >= 4 is 11.5 Å². The monoisotopic (exact) mass is 226 g/mol. The minimum atomic E-state index is 0.0643. The van der Waals surface area contributed by atoms with Gasteiger partial charge < -0.3 is 5.73 Å². The summed E-state index contributed by atoms with van der Waals surface area (Å²) in [6.07, 6.45) is 0.284. The molecule has 0 saturated heterocycles. The number of hydrogen-bond acceptors (Lipinski definition) is 3. The van der Waals surface area contributed by atoms with Gasteiger partial charge in [0, 0.05) is 5.56 Å². The fourth-order valence-electron chi connectivity index (χ4n) is 1.66. The van der Waals surface area contributed by atoms with Crippen LogP contribution in [-0.2, 0) is 11.2 Å². The van der Waals surface area contributed by atoms with Gasteiger partial charge in [-0.2, -0.15) is 0 Å². The number of carbonyl (C=O) groups is 1. The Morgan fingerprint density at radius 3 is 2.53 bits per heavy atom. The average molecular weight is 226 g/mol. The number of Topliss-reactive ketones (excluding diaryl/α,β-unsaturated/α-hetero) is 1. The van der Waals surface area contributed by atoms with E-state index in [0.717, 1.165) is 11.3 Å². The maximum atomic E-state index is 11.1. The first kappa shape index (κ1) is 11.3. The summed E-state index contributed by atoms with van der Waals surface area (Å²) < 4.78 is 0. The van der Waals surface area contributed by atoms with Crippen LogP contribution >= 0.6 is 0 Å². The lowest BCUT2D eigenvalue weighted by atomic mass is 10.1. The van der Waals surface area contributed by atoms with E-state index >= 15 is 0 Å². The van der Waals surface area contributed by atoms with E-state index in [1.165, 1.54) is 6.92 Å². The Hall–Kier alpha value is -2.16. The van der Waals surface area contributed by atoms with Gasteiger partial charge in [-0.05, 0) is 19.1 Å². The molecule has 0 amide bonds. The molecule has 0 aliphatic rings. The van der Waals surface area contributed by atoms with Gasteiger partial charge in [0.2, 0.25) is 0 Å². The SMILES string of the molecule is CC(=O)Cc1nc(-c2ccccc2)ccc1N. The van der Waals surface area contributed by atoms with Crippen molar-refractivity contribution in [2.75, 3.05) is 5.73 Å². The Kier molecular flexibility index (Phi) is 3.19. The highest BCUT2D eigenvalue weighted by Gasteiger charge is 2.06.